The fourth-order valence-corrected chi connectivity index (χ4v) is 5.63. The highest BCUT2D eigenvalue weighted by atomic mass is 32.1. The fraction of sp³-hybridized carbons (Fsp3) is 0.276. The number of aliphatic hydroxyl groups is 1. The number of para-hydroxylation sites is 1. The molecule has 1 atom stereocenters. The first-order chi connectivity index (χ1) is 18.0. The average Bonchev–Trinajstić information content (AvgIpc) is 3.49. The van der Waals surface area contributed by atoms with Gasteiger partial charge >= 0.3 is 4.87 Å². The van der Waals surface area contributed by atoms with E-state index in [0.29, 0.717) is 23.2 Å². The Kier molecular flexibility index (Phi) is 7.71. The topological polar surface area (TPSA) is 113 Å². The number of nitrogens with one attached hydrogen (secondary N) is 4. The van der Waals surface area contributed by atoms with Crippen LogP contribution in [0.15, 0.2) is 65.6 Å². The van der Waals surface area contributed by atoms with Crippen LogP contribution in [0.1, 0.15) is 27.8 Å². The molecule has 0 saturated carbocycles. The lowest BCUT2D eigenvalue weighted by atomic mass is 10.1. The lowest BCUT2D eigenvalue weighted by Crippen LogP contribution is -2.32. The minimum Gasteiger partial charge on any atom is -0.506 e. The first-order valence-electron chi connectivity index (χ1n) is 12.6. The third-order valence-electron chi connectivity index (χ3n) is 6.78. The summed E-state index contributed by atoms with van der Waals surface area (Å²) in [4.78, 5) is 17.5. The SMILES string of the molecule is Cc1cccc2c(CCNCc3ccc(CCNC(O)Cc4ccc(O)c5[nH]c(=O)sc45)cc3)c[nH]c12. The molecule has 0 aliphatic carbocycles. The van der Waals surface area contributed by atoms with Crippen LogP contribution in [0.25, 0.3) is 21.1 Å². The van der Waals surface area contributed by atoms with Gasteiger partial charge in [-0.2, -0.15) is 0 Å². The van der Waals surface area contributed by atoms with Crippen molar-refractivity contribution in [2.24, 2.45) is 0 Å². The number of rotatable bonds is 11. The maximum Gasteiger partial charge on any atom is 0.305 e. The zero-order valence-corrected chi connectivity index (χ0v) is 21.6. The van der Waals surface area contributed by atoms with Crippen LogP contribution < -0.4 is 15.5 Å². The lowest BCUT2D eigenvalue weighted by molar-refractivity contribution is 0.138. The Morgan fingerprint density at radius 1 is 0.946 bits per heavy atom. The molecule has 1 unspecified atom stereocenters. The molecule has 6 N–H and O–H groups in total. The van der Waals surface area contributed by atoms with Crippen LogP contribution in [-0.4, -0.2) is 39.5 Å². The molecule has 7 nitrogen and oxygen atoms in total. The first kappa shape index (κ1) is 25.2. The van der Waals surface area contributed by atoms with E-state index < -0.39 is 6.23 Å². The molecule has 0 bridgehead atoms. The standard InChI is InChI=1S/C29H32N4O3S/c1-18-3-2-4-23-22(17-32-26(18)23)12-13-30-16-20-7-5-19(6-8-20)11-14-31-25(35)15-21-9-10-24(34)27-28(21)37-29(36)33-27/h2-10,17,25,30-32,34-35H,11-16H2,1H3,(H,33,36). The van der Waals surface area contributed by atoms with Crippen molar-refractivity contribution in [1.29, 1.82) is 0 Å². The van der Waals surface area contributed by atoms with Gasteiger partial charge in [0.25, 0.3) is 0 Å². The van der Waals surface area contributed by atoms with Crippen LogP contribution in [0.3, 0.4) is 0 Å². The van der Waals surface area contributed by atoms with Crippen LogP contribution in [0.2, 0.25) is 0 Å². The molecule has 3 aromatic carbocycles. The van der Waals surface area contributed by atoms with E-state index in [2.05, 4.69) is 76.2 Å². The second kappa shape index (κ2) is 11.3. The number of aliphatic hydroxyl groups excluding tert-OH is 1. The van der Waals surface area contributed by atoms with E-state index in [0.717, 1.165) is 42.8 Å². The summed E-state index contributed by atoms with van der Waals surface area (Å²) < 4.78 is 0.687. The molecule has 192 valence electrons. The van der Waals surface area contributed by atoms with Crippen molar-refractivity contribution in [1.82, 2.24) is 20.6 Å². The number of aromatic hydroxyl groups is 1. The monoisotopic (exact) mass is 516 g/mol. The van der Waals surface area contributed by atoms with Crippen LogP contribution >= 0.6 is 11.3 Å². The van der Waals surface area contributed by atoms with Gasteiger partial charge in [0.05, 0.1) is 4.70 Å². The number of phenols is 1. The number of fused-ring (bicyclic) bond motifs is 2. The number of thiazole rings is 1. The summed E-state index contributed by atoms with van der Waals surface area (Å²) in [5, 5.41) is 28.4. The highest BCUT2D eigenvalue weighted by Gasteiger charge is 2.13. The Hall–Kier alpha value is -3.43. The summed E-state index contributed by atoms with van der Waals surface area (Å²) in [7, 11) is 0. The van der Waals surface area contributed by atoms with E-state index in [1.54, 1.807) is 12.1 Å². The minimum absolute atomic E-state index is 0.0440. The first-order valence-corrected chi connectivity index (χ1v) is 13.4. The van der Waals surface area contributed by atoms with E-state index in [1.807, 2.05) is 0 Å². The zero-order valence-electron chi connectivity index (χ0n) is 20.8. The number of aromatic amines is 2. The molecule has 0 spiro atoms. The maximum absolute atomic E-state index is 11.7. The summed E-state index contributed by atoms with van der Waals surface area (Å²) in [6.07, 6.45) is 3.51. The lowest BCUT2D eigenvalue weighted by Gasteiger charge is -2.14. The molecule has 5 rings (SSSR count). The van der Waals surface area contributed by atoms with Gasteiger partial charge in [0.2, 0.25) is 0 Å². The summed E-state index contributed by atoms with van der Waals surface area (Å²) >= 11 is 1.05. The highest BCUT2D eigenvalue weighted by molar-refractivity contribution is 7.16. The number of aromatic nitrogens is 2. The molecule has 0 fully saturated rings. The molecule has 0 aliphatic rings. The maximum atomic E-state index is 11.7. The predicted molar refractivity (Wildman–Crippen MR) is 150 cm³/mol. The molecule has 8 heteroatoms. The molecule has 2 aromatic heterocycles. The molecule has 5 aromatic rings. The fourth-order valence-electron chi connectivity index (χ4n) is 4.75. The molecular weight excluding hydrogens is 484 g/mol. The number of phenolic OH excluding ortho intramolecular Hbond substituents is 1. The van der Waals surface area contributed by atoms with E-state index in [9.17, 15) is 15.0 Å². The summed E-state index contributed by atoms with van der Waals surface area (Å²) in [5.74, 6) is 0.0440. The Morgan fingerprint density at radius 3 is 2.59 bits per heavy atom. The quantitative estimate of drug-likeness (QED) is 0.117. The number of hydrogen-bond acceptors (Lipinski definition) is 6. The normalized spacial score (nSPS) is 12.5. The number of H-pyrrole nitrogens is 2. The van der Waals surface area contributed by atoms with Crippen molar-refractivity contribution in [3.63, 3.8) is 0 Å². The number of benzene rings is 3. The molecule has 2 heterocycles. The molecule has 0 amide bonds. The molecule has 0 aliphatic heterocycles. The smallest absolute Gasteiger partial charge is 0.305 e. The van der Waals surface area contributed by atoms with Gasteiger partial charge in [-0.3, -0.25) is 10.1 Å². The third-order valence-corrected chi connectivity index (χ3v) is 7.74. The van der Waals surface area contributed by atoms with Gasteiger partial charge in [0.15, 0.2) is 0 Å². The largest absolute Gasteiger partial charge is 0.506 e. The molecule has 0 saturated heterocycles. The van der Waals surface area contributed by atoms with Crippen molar-refractivity contribution in [2.75, 3.05) is 13.1 Å². The van der Waals surface area contributed by atoms with Gasteiger partial charge in [-0.05, 0) is 60.2 Å². The predicted octanol–water partition coefficient (Wildman–Crippen LogP) is 4.11. The summed E-state index contributed by atoms with van der Waals surface area (Å²) in [6, 6.07) is 18.3. The third kappa shape index (κ3) is 5.94. The zero-order chi connectivity index (χ0) is 25.8. The Balaban J connectivity index is 1.05. The minimum atomic E-state index is -0.741. The van der Waals surface area contributed by atoms with Crippen molar-refractivity contribution >= 4 is 32.5 Å². The van der Waals surface area contributed by atoms with Gasteiger partial charge in [-0.15, -0.1) is 0 Å². The summed E-state index contributed by atoms with van der Waals surface area (Å²) in [5.41, 5.74) is 7.55. The molecule has 37 heavy (non-hydrogen) atoms. The van der Waals surface area contributed by atoms with Gasteiger partial charge in [-0.1, -0.05) is 59.9 Å². The van der Waals surface area contributed by atoms with Gasteiger partial charge in [-0.25, -0.2) is 0 Å². The molecular formula is C29H32N4O3S. The number of aryl methyl sites for hydroxylation is 1. The number of hydrogen-bond donors (Lipinski definition) is 6. The second-order valence-corrected chi connectivity index (χ2v) is 10.4. The van der Waals surface area contributed by atoms with Gasteiger partial charge in [0, 0.05) is 36.6 Å². The Bertz CT molecular complexity index is 1550. The second-order valence-electron chi connectivity index (χ2n) is 9.44. The average molecular weight is 517 g/mol. The van der Waals surface area contributed by atoms with Crippen LogP contribution in [0.5, 0.6) is 5.75 Å². The van der Waals surface area contributed by atoms with Crippen LogP contribution in [-0.2, 0) is 25.8 Å². The van der Waals surface area contributed by atoms with Crippen molar-refractivity contribution in [3.8, 4) is 5.75 Å². The Morgan fingerprint density at radius 2 is 1.76 bits per heavy atom. The molecule has 0 radical (unpaired) electrons. The Labute approximate surface area is 219 Å². The summed E-state index contributed by atoms with van der Waals surface area (Å²) in [6.45, 7) is 4.50. The van der Waals surface area contributed by atoms with Gasteiger partial charge < -0.3 is 25.5 Å². The van der Waals surface area contributed by atoms with E-state index >= 15 is 0 Å². The van der Waals surface area contributed by atoms with Crippen molar-refractivity contribution < 1.29 is 10.2 Å². The van der Waals surface area contributed by atoms with Crippen molar-refractivity contribution in [3.05, 3.63) is 98.3 Å². The van der Waals surface area contributed by atoms with Gasteiger partial charge in [0.1, 0.15) is 17.5 Å². The van der Waals surface area contributed by atoms with E-state index in [4.69, 9.17) is 0 Å². The highest BCUT2D eigenvalue weighted by Crippen LogP contribution is 2.28. The van der Waals surface area contributed by atoms with E-state index in [1.165, 1.54) is 33.2 Å². The van der Waals surface area contributed by atoms with Crippen molar-refractivity contribution in [2.45, 2.75) is 39.0 Å². The van der Waals surface area contributed by atoms with Crippen LogP contribution in [0, 0.1) is 6.92 Å². The van der Waals surface area contributed by atoms with E-state index in [-0.39, 0.29) is 10.6 Å². The van der Waals surface area contributed by atoms with Crippen LogP contribution in [0.4, 0.5) is 0 Å².